The maximum atomic E-state index is 6.09. The third-order valence-electron chi connectivity index (χ3n) is 2.76. The number of hydrogen-bond donors (Lipinski definition) is 1. The van der Waals surface area contributed by atoms with Crippen LogP contribution < -0.4 is 5.73 Å². The van der Waals surface area contributed by atoms with Gasteiger partial charge in [-0.2, -0.15) is 0 Å². The third kappa shape index (κ3) is 3.43. The van der Waals surface area contributed by atoms with Gasteiger partial charge in [0.15, 0.2) is 0 Å². The highest BCUT2D eigenvalue weighted by Gasteiger charge is 2.10. The first kappa shape index (κ1) is 11.7. The van der Waals surface area contributed by atoms with E-state index in [-0.39, 0.29) is 6.04 Å². The maximum absolute atomic E-state index is 6.09. The van der Waals surface area contributed by atoms with Crippen molar-refractivity contribution in [2.75, 3.05) is 0 Å². The largest absolute Gasteiger partial charge is 0.327 e. The Morgan fingerprint density at radius 3 is 2.36 bits per heavy atom. The first-order valence-electron chi connectivity index (χ1n) is 5.13. The molecule has 0 aliphatic heterocycles. The summed E-state index contributed by atoms with van der Waals surface area (Å²) in [6, 6.07) is 8.68. The predicted molar refractivity (Wildman–Crippen MR) is 65.3 cm³/mol. The molecule has 0 bridgehead atoms. The second-order valence-corrected chi connectivity index (χ2v) is 4.80. The number of hydrogen-bond acceptors (Lipinski definition) is 1. The van der Waals surface area contributed by atoms with Crippen LogP contribution in [0.4, 0.5) is 0 Å². The molecule has 0 radical (unpaired) electrons. The van der Waals surface area contributed by atoms with Crippen LogP contribution in [0.3, 0.4) is 0 Å². The molecule has 0 fully saturated rings. The molecule has 1 rings (SSSR count). The lowest BCUT2D eigenvalue weighted by Gasteiger charge is -2.18. The minimum Gasteiger partial charge on any atom is -0.327 e. The van der Waals surface area contributed by atoms with E-state index in [0.29, 0.717) is 5.92 Å². The van der Waals surface area contributed by atoms with Crippen molar-refractivity contribution in [1.29, 1.82) is 0 Å². The van der Waals surface area contributed by atoms with Crippen LogP contribution in [0.25, 0.3) is 0 Å². The summed E-state index contributed by atoms with van der Waals surface area (Å²) in [6.45, 7) is 4.40. The van der Waals surface area contributed by atoms with Crippen molar-refractivity contribution in [2.24, 2.45) is 11.7 Å². The van der Waals surface area contributed by atoms with Crippen molar-refractivity contribution >= 4 is 15.9 Å². The van der Waals surface area contributed by atoms with Crippen LogP contribution in [0.1, 0.15) is 25.8 Å². The fourth-order valence-electron chi connectivity index (χ4n) is 1.40. The highest BCUT2D eigenvalue weighted by atomic mass is 79.9. The molecule has 0 aliphatic rings. The lowest BCUT2D eigenvalue weighted by molar-refractivity contribution is 0.440. The minimum atomic E-state index is 0.279. The summed E-state index contributed by atoms with van der Waals surface area (Å²) in [5.41, 5.74) is 7.41. The van der Waals surface area contributed by atoms with E-state index in [1.807, 2.05) is 0 Å². The third-order valence-corrected chi connectivity index (χ3v) is 3.29. The minimum absolute atomic E-state index is 0.279. The fourth-order valence-corrected chi connectivity index (χ4v) is 1.66. The average Bonchev–Trinajstić information content (AvgIpc) is 2.20. The Labute approximate surface area is 94.8 Å². The lowest BCUT2D eigenvalue weighted by atomic mass is 9.94. The van der Waals surface area contributed by atoms with Gasteiger partial charge in [0, 0.05) is 10.5 Å². The van der Waals surface area contributed by atoms with Crippen LogP contribution in [0.15, 0.2) is 28.7 Å². The zero-order valence-corrected chi connectivity index (χ0v) is 10.4. The molecule has 1 nitrogen and oxygen atoms in total. The van der Waals surface area contributed by atoms with Gasteiger partial charge in [-0.25, -0.2) is 0 Å². The van der Waals surface area contributed by atoms with Crippen molar-refractivity contribution in [3.63, 3.8) is 0 Å². The van der Waals surface area contributed by atoms with Gasteiger partial charge in [-0.15, -0.1) is 0 Å². The van der Waals surface area contributed by atoms with Crippen LogP contribution >= 0.6 is 15.9 Å². The highest BCUT2D eigenvalue weighted by Crippen LogP contribution is 2.14. The van der Waals surface area contributed by atoms with E-state index >= 15 is 0 Å². The van der Waals surface area contributed by atoms with E-state index in [4.69, 9.17) is 5.73 Å². The summed E-state index contributed by atoms with van der Waals surface area (Å²) < 4.78 is 1.12. The Balaban J connectivity index is 2.56. The smallest absolute Gasteiger partial charge is 0.0175 e. The standard InChI is InChI=1S/C12H18BrN/c1-3-9(2)12(14)8-10-4-6-11(13)7-5-10/h4-7,9,12H,3,8,14H2,1-2H3. The number of rotatable bonds is 4. The molecule has 0 heterocycles. The molecule has 0 saturated carbocycles. The molecular weight excluding hydrogens is 238 g/mol. The molecule has 0 amide bonds. The molecule has 0 aliphatic carbocycles. The Bertz CT molecular complexity index is 268. The van der Waals surface area contributed by atoms with E-state index in [1.165, 1.54) is 5.56 Å². The number of benzene rings is 1. The van der Waals surface area contributed by atoms with Crippen LogP contribution in [-0.4, -0.2) is 6.04 Å². The van der Waals surface area contributed by atoms with E-state index in [0.717, 1.165) is 17.3 Å². The van der Waals surface area contributed by atoms with Crippen LogP contribution in [-0.2, 0) is 6.42 Å². The molecule has 14 heavy (non-hydrogen) atoms. The quantitative estimate of drug-likeness (QED) is 0.878. The van der Waals surface area contributed by atoms with E-state index < -0.39 is 0 Å². The Kier molecular flexibility index (Phi) is 4.63. The SMILES string of the molecule is CCC(C)C(N)Cc1ccc(Br)cc1. The van der Waals surface area contributed by atoms with Gasteiger partial charge in [-0.1, -0.05) is 48.3 Å². The second kappa shape index (κ2) is 5.52. The Morgan fingerprint density at radius 1 is 1.29 bits per heavy atom. The van der Waals surface area contributed by atoms with Gasteiger partial charge < -0.3 is 5.73 Å². The van der Waals surface area contributed by atoms with Crippen molar-refractivity contribution in [1.82, 2.24) is 0 Å². The first-order valence-corrected chi connectivity index (χ1v) is 5.92. The summed E-state index contributed by atoms with van der Waals surface area (Å²) in [4.78, 5) is 0. The lowest BCUT2D eigenvalue weighted by Crippen LogP contribution is -2.30. The fraction of sp³-hybridized carbons (Fsp3) is 0.500. The molecule has 78 valence electrons. The molecule has 0 spiro atoms. The summed E-state index contributed by atoms with van der Waals surface area (Å²) in [6.07, 6.45) is 2.12. The molecule has 2 unspecified atom stereocenters. The summed E-state index contributed by atoms with van der Waals surface area (Å²) in [7, 11) is 0. The van der Waals surface area contributed by atoms with Crippen LogP contribution in [0.5, 0.6) is 0 Å². The van der Waals surface area contributed by atoms with Gasteiger partial charge >= 0.3 is 0 Å². The van der Waals surface area contributed by atoms with Gasteiger partial charge in [0.05, 0.1) is 0 Å². The summed E-state index contributed by atoms with van der Waals surface area (Å²) >= 11 is 3.42. The molecule has 0 saturated heterocycles. The second-order valence-electron chi connectivity index (χ2n) is 3.88. The Hall–Kier alpha value is -0.340. The van der Waals surface area contributed by atoms with Crippen molar-refractivity contribution in [2.45, 2.75) is 32.7 Å². The van der Waals surface area contributed by atoms with Crippen LogP contribution in [0, 0.1) is 5.92 Å². The molecule has 1 aromatic carbocycles. The van der Waals surface area contributed by atoms with Crippen LogP contribution in [0.2, 0.25) is 0 Å². The van der Waals surface area contributed by atoms with E-state index in [9.17, 15) is 0 Å². The monoisotopic (exact) mass is 255 g/mol. The molecule has 2 heteroatoms. The first-order chi connectivity index (χ1) is 6.63. The average molecular weight is 256 g/mol. The van der Waals surface area contributed by atoms with Gasteiger partial charge in [0.1, 0.15) is 0 Å². The molecule has 2 N–H and O–H groups in total. The highest BCUT2D eigenvalue weighted by molar-refractivity contribution is 9.10. The van der Waals surface area contributed by atoms with Crippen molar-refractivity contribution in [3.8, 4) is 0 Å². The molecule has 1 aromatic rings. The van der Waals surface area contributed by atoms with Gasteiger partial charge in [0.25, 0.3) is 0 Å². The van der Waals surface area contributed by atoms with Crippen molar-refractivity contribution < 1.29 is 0 Å². The zero-order chi connectivity index (χ0) is 10.6. The predicted octanol–water partition coefficient (Wildman–Crippen LogP) is 3.37. The van der Waals surface area contributed by atoms with Crippen molar-refractivity contribution in [3.05, 3.63) is 34.3 Å². The zero-order valence-electron chi connectivity index (χ0n) is 8.83. The van der Waals surface area contributed by atoms with Gasteiger partial charge in [-0.05, 0) is 30.0 Å². The topological polar surface area (TPSA) is 26.0 Å². The molecular formula is C12H18BrN. The van der Waals surface area contributed by atoms with E-state index in [2.05, 4.69) is 54.0 Å². The summed E-state index contributed by atoms with van der Waals surface area (Å²) in [5, 5.41) is 0. The van der Waals surface area contributed by atoms with E-state index in [1.54, 1.807) is 0 Å². The molecule has 0 aromatic heterocycles. The number of nitrogens with two attached hydrogens (primary N) is 1. The Morgan fingerprint density at radius 2 is 1.86 bits per heavy atom. The normalized spacial score (nSPS) is 15.1. The molecule has 2 atom stereocenters. The van der Waals surface area contributed by atoms with Gasteiger partial charge in [-0.3, -0.25) is 0 Å². The number of halogens is 1. The van der Waals surface area contributed by atoms with Gasteiger partial charge in [0.2, 0.25) is 0 Å². The summed E-state index contributed by atoms with van der Waals surface area (Å²) in [5.74, 6) is 0.596. The maximum Gasteiger partial charge on any atom is 0.0175 e.